The van der Waals surface area contributed by atoms with Gasteiger partial charge in [-0.3, -0.25) is 4.31 Å². The Labute approximate surface area is 298 Å². The molecule has 49 heavy (non-hydrogen) atoms. The molecule has 0 spiro atoms. The number of rotatable bonds is 13. The molecule has 0 amide bonds. The quantitative estimate of drug-likeness (QED) is 0.171. The minimum absolute atomic E-state index is 0.0840. The van der Waals surface area contributed by atoms with Gasteiger partial charge in [0.25, 0.3) is 10.0 Å². The second kappa shape index (κ2) is 14.3. The van der Waals surface area contributed by atoms with Crippen molar-refractivity contribution in [3.63, 3.8) is 0 Å². The zero-order chi connectivity index (χ0) is 34.8. The zero-order valence-electron chi connectivity index (χ0n) is 26.8. The fourth-order valence-corrected chi connectivity index (χ4v) is 10.3. The molecule has 1 fully saturated rings. The molecule has 1 aromatic heterocycles. The van der Waals surface area contributed by atoms with Crippen molar-refractivity contribution in [1.29, 1.82) is 0 Å². The Morgan fingerprint density at radius 2 is 1.35 bits per heavy atom. The van der Waals surface area contributed by atoms with Gasteiger partial charge >= 0.3 is 0 Å². The first kappa shape index (κ1) is 34.6. The van der Waals surface area contributed by atoms with Crippen LogP contribution in [0.2, 0.25) is 0 Å². The van der Waals surface area contributed by atoms with E-state index >= 15 is 8.42 Å². The van der Waals surface area contributed by atoms with E-state index in [0.717, 1.165) is 5.56 Å². The second-order valence-corrected chi connectivity index (χ2v) is 16.3. The highest BCUT2D eigenvalue weighted by atomic mass is 127. The van der Waals surface area contributed by atoms with Crippen LogP contribution in [0, 0.1) is 3.57 Å². The van der Waals surface area contributed by atoms with E-state index in [9.17, 15) is 8.42 Å². The van der Waals surface area contributed by atoms with Gasteiger partial charge in [-0.15, -0.1) is 5.10 Å². The number of ether oxygens (including phenoxy) is 3. The first-order chi connectivity index (χ1) is 23.6. The maximum absolute atomic E-state index is 15.3. The van der Waals surface area contributed by atoms with E-state index in [1.807, 2.05) is 34.7 Å². The monoisotopic (exact) mass is 816 g/mol. The van der Waals surface area contributed by atoms with Gasteiger partial charge in [-0.2, -0.15) is 0 Å². The number of methoxy groups -OCH3 is 3. The molecule has 1 aliphatic heterocycles. The predicted molar refractivity (Wildman–Crippen MR) is 191 cm³/mol. The number of sulfone groups is 1. The number of anilines is 1. The van der Waals surface area contributed by atoms with E-state index in [-0.39, 0.29) is 42.5 Å². The summed E-state index contributed by atoms with van der Waals surface area (Å²) in [5, 5.41) is 14.5. The molecule has 1 saturated heterocycles. The van der Waals surface area contributed by atoms with Crippen LogP contribution in [0.5, 0.6) is 17.2 Å². The van der Waals surface area contributed by atoms with E-state index in [1.54, 1.807) is 80.9 Å². The van der Waals surface area contributed by atoms with Crippen molar-refractivity contribution in [3.05, 3.63) is 99.6 Å². The summed E-state index contributed by atoms with van der Waals surface area (Å²) >= 11 is 2.00. The minimum Gasteiger partial charge on any atom is -0.497 e. The zero-order valence-corrected chi connectivity index (χ0v) is 30.6. The van der Waals surface area contributed by atoms with Crippen molar-refractivity contribution in [2.75, 3.05) is 38.7 Å². The SMILES string of the molecule is COc1ccc(CN(c2ccc(OC)cc2)S(=O)(=O)c2c(S(=O)(=O)C3CNC3)ccc(I)c2-c2nnnn2Cc2ccc(OC)cc2)cc1. The van der Waals surface area contributed by atoms with Gasteiger partial charge in [-0.25, -0.2) is 21.5 Å². The number of hydrogen-bond acceptors (Lipinski definition) is 11. The van der Waals surface area contributed by atoms with Gasteiger partial charge < -0.3 is 19.5 Å². The summed E-state index contributed by atoms with van der Waals surface area (Å²) in [5.74, 6) is 1.90. The van der Waals surface area contributed by atoms with Gasteiger partial charge in [0.2, 0.25) is 0 Å². The lowest BCUT2D eigenvalue weighted by atomic mass is 10.2. The first-order valence-corrected chi connectivity index (χ1v) is 19.1. The number of tetrazole rings is 1. The summed E-state index contributed by atoms with van der Waals surface area (Å²) in [4.78, 5) is -0.719. The lowest BCUT2D eigenvalue weighted by Gasteiger charge is -2.30. The number of sulfonamides is 1. The minimum atomic E-state index is -4.67. The topological polar surface area (TPSA) is 155 Å². The van der Waals surface area contributed by atoms with Crippen LogP contribution in [0.1, 0.15) is 11.1 Å². The summed E-state index contributed by atoms with van der Waals surface area (Å²) in [6, 6.07) is 23.7. The lowest BCUT2D eigenvalue weighted by Crippen LogP contribution is -2.51. The van der Waals surface area contributed by atoms with Crippen LogP contribution in [0.4, 0.5) is 5.69 Å². The second-order valence-electron chi connectivity index (χ2n) is 11.1. The van der Waals surface area contributed by atoms with Crippen LogP contribution >= 0.6 is 22.6 Å². The number of nitrogens with zero attached hydrogens (tertiary/aromatic N) is 5. The van der Waals surface area contributed by atoms with Crippen molar-refractivity contribution in [1.82, 2.24) is 25.5 Å². The molecule has 0 atom stereocenters. The third-order valence-corrected chi connectivity index (χ3v) is 13.3. The Bertz CT molecular complexity index is 2160. The van der Waals surface area contributed by atoms with E-state index in [0.29, 0.717) is 32.1 Å². The van der Waals surface area contributed by atoms with Gasteiger partial charge in [0.1, 0.15) is 22.1 Å². The molecule has 16 heteroatoms. The maximum atomic E-state index is 15.3. The van der Waals surface area contributed by atoms with Gasteiger partial charge in [0.15, 0.2) is 15.7 Å². The molecule has 5 aromatic rings. The highest BCUT2D eigenvalue weighted by molar-refractivity contribution is 14.1. The van der Waals surface area contributed by atoms with Crippen molar-refractivity contribution in [2.24, 2.45) is 0 Å². The molecule has 2 heterocycles. The van der Waals surface area contributed by atoms with Crippen LogP contribution in [0.15, 0.2) is 94.7 Å². The van der Waals surface area contributed by atoms with Crippen molar-refractivity contribution in [2.45, 2.75) is 28.1 Å². The summed E-state index contributed by atoms with van der Waals surface area (Å²) in [6.07, 6.45) is 0. The van der Waals surface area contributed by atoms with Crippen LogP contribution < -0.4 is 23.8 Å². The van der Waals surface area contributed by atoms with Crippen molar-refractivity contribution >= 4 is 48.1 Å². The number of benzene rings is 4. The Morgan fingerprint density at radius 1 is 0.796 bits per heavy atom. The molecule has 0 aliphatic carbocycles. The molecule has 1 N–H and O–H groups in total. The van der Waals surface area contributed by atoms with E-state index in [2.05, 4.69) is 20.8 Å². The molecule has 1 aliphatic rings. The van der Waals surface area contributed by atoms with E-state index in [4.69, 9.17) is 14.2 Å². The van der Waals surface area contributed by atoms with Gasteiger partial charge in [0.05, 0.1) is 55.8 Å². The largest absolute Gasteiger partial charge is 0.497 e. The molecule has 0 radical (unpaired) electrons. The summed E-state index contributed by atoms with van der Waals surface area (Å²) in [5.41, 5.74) is 1.84. The van der Waals surface area contributed by atoms with Gasteiger partial charge in [-0.1, -0.05) is 24.3 Å². The average Bonchev–Trinajstić information content (AvgIpc) is 3.54. The lowest BCUT2D eigenvalue weighted by molar-refractivity contribution is 0.414. The summed E-state index contributed by atoms with van der Waals surface area (Å²) in [6.45, 7) is 0.461. The molecular weight excluding hydrogens is 783 g/mol. The van der Waals surface area contributed by atoms with Crippen LogP contribution in [-0.4, -0.2) is 76.7 Å². The number of hydrogen-bond donors (Lipinski definition) is 1. The molecule has 6 rings (SSSR count). The molecule has 256 valence electrons. The third-order valence-electron chi connectivity index (χ3n) is 8.20. The van der Waals surface area contributed by atoms with Crippen LogP contribution in [-0.2, 0) is 33.0 Å². The van der Waals surface area contributed by atoms with E-state index in [1.165, 1.54) is 22.2 Å². The average molecular weight is 817 g/mol. The highest BCUT2D eigenvalue weighted by Gasteiger charge is 2.41. The Balaban J connectivity index is 1.57. The Morgan fingerprint density at radius 3 is 1.88 bits per heavy atom. The summed E-state index contributed by atoms with van der Waals surface area (Å²) in [7, 11) is -4.17. The normalized spacial score (nSPS) is 13.5. The molecule has 4 aromatic carbocycles. The van der Waals surface area contributed by atoms with Crippen molar-refractivity contribution in [3.8, 4) is 28.6 Å². The van der Waals surface area contributed by atoms with Crippen LogP contribution in [0.3, 0.4) is 0 Å². The highest BCUT2D eigenvalue weighted by Crippen LogP contribution is 2.41. The Hall–Kier alpha value is -4.26. The van der Waals surface area contributed by atoms with E-state index < -0.39 is 30.0 Å². The molecule has 0 unspecified atom stereocenters. The molecular formula is C33H33IN6O7S2. The molecule has 0 saturated carbocycles. The first-order valence-electron chi connectivity index (χ1n) is 15.0. The standard InChI is InChI=1S/C33H33IN6O7S2/c1-45-25-10-4-22(5-11-25)20-39-33(36-37-38-39)31-29(34)16-17-30(48(41,42)28-18-35-19-28)32(31)49(43,44)40(24-8-14-27(47-3)15-9-24)21-23-6-12-26(46-2)13-7-23/h4-17,28,35H,18-21H2,1-3H3. The summed E-state index contributed by atoms with van der Waals surface area (Å²) < 4.78 is 78.0. The van der Waals surface area contributed by atoms with Crippen molar-refractivity contribution < 1.29 is 31.0 Å². The Kier molecular flexibility index (Phi) is 10.1. The maximum Gasteiger partial charge on any atom is 0.266 e. The molecule has 13 nitrogen and oxygen atoms in total. The number of nitrogens with one attached hydrogen (secondary N) is 1. The van der Waals surface area contributed by atoms with Crippen LogP contribution in [0.25, 0.3) is 11.4 Å². The number of aromatic nitrogens is 4. The van der Waals surface area contributed by atoms with Gasteiger partial charge in [-0.05, 0) is 105 Å². The molecule has 0 bridgehead atoms. The number of halogens is 1. The fourth-order valence-electron chi connectivity index (χ4n) is 5.35. The smallest absolute Gasteiger partial charge is 0.266 e. The predicted octanol–water partition coefficient (Wildman–Crippen LogP) is 4.16. The third kappa shape index (κ3) is 6.95. The fraction of sp³-hybridized carbons (Fsp3) is 0.242. The van der Waals surface area contributed by atoms with Gasteiger partial charge in [0, 0.05) is 16.7 Å².